The van der Waals surface area contributed by atoms with Crippen molar-refractivity contribution in [3.8, 4) is 11.5 Å². The van der Waals surface area contributed by atoms with Crippen molar-refractivity contribution < 1.29 is 10.2 Å². The monoisotopic (exact) mass is 340 g/mol. The van der Waals surface area contributed by atoms with Crippen LogP contribution in [0.15, 0.2) is 35.5 Å². The lowest BCUT2D eigenvalue weighted by Crippen LogP contribution is -2.19. The molecule has 0 fully saturated rings. The van der Waals surface area contributed by atoms with E-state index < -0.39 is 0 Å². The van der Waals surface area contributed by atoms with Gasteiger partial charge in [-0.2, -0.15) is 0 Å². The molecule has 1 heterocycles. The fraction of sp³-hybridized carbons (Fsp3) is 0.429. The van der Waals surface area contributed by atoms with Crippen molar-refractivity contribution in [2.24, 2.45) is 4.99 Å². The Morgan fingerprint density at radius 1 is 0.960 bits per heavy atom. The molecule has 0 saturated heterocycles. The second-order valence-electron chi connectivity index (χ2n) is 8.37. The van der Waals surface area contributed by atoms with Crippen LogP contribution in [0.3, 0.4) is 0 Å². The Kier molecular flexibility index (Phi) is 5.21. The maximum absolute atomic E-state index is 10.6. The Morgan fingerprint density at radius 2 is 1.60 bits per heavy atom. The standard InChI is InChI=1S/C21H28N2O2/c1-20(2,3)16-11-17(21(4,5)6)19(25)18(24)15(16)13-22-12-14-9-7-8-10-23-14/h7-11,13,24-25H,12H2,1-6H3. The predicted octanol–water partition coefficient (Wildman–Crippen LogP) is 4.71. The summed E-state index contributed by atoms with van der Waals surface area (Å²) in [4.78, 5) is 8.66. The number of benzene rings is 1. The van der Waals surface area contributed by atoms with E-state index in [4.69, 9.17) is 0 Å². The quantitative estimate of drug-likeness (QED) is 0.628. The van der Waals surface area contributed by atoms with E-state index in [9.17, 15) is 10.2 Å². The second kappa shape index (κ2) is 6.87. The minimum atomic E-state index is -0.273. The van der Waals surface area contributed by atoms with Crippen LogP contribution in [0.5, 0.6) is 11.5 Å². The van der Waals surface area contributed by atoms with Gasteiger partial charge in [-0.15, -0.1) is 0 Å². The van der Waals surface area contributed by atoms with E-state index in [1.807, 2.05) is 45.0 Å². The van der Waals surface area contributed by atoms with Crippen LogP contribution in [-0.2, 0) is 17.4 Å². The van der Waals surface area contributed by atoms with Crippen LogP contribution in [0, 0.1) is 0 Å². The number of aromatic hydroxyl groups is 2. The van der Waals surface area contributed by atoms with Crippen molar-refractivity contribution >= 4 is 6.21 Å². The molecule has 25 heavy (non-hydrogen) atoms. The summed E-state index contributed by atoms with van der Waals surface area (Å²) < 4.78 is 0. The van der Waals surface area contributed by atoms with Crippen LogP contribution in [0.25, 0.3) is 0 Å². The molecule has 1 aromatic heterocycles. The number of rotatable bonds is 3. The molecule has 0 bridgehead atoms. The lowest BCUT2D eigenvalue weighted by molar-refractivity contribution is 0.386. The average molecular weight is 340 g/mol. The molecule has 4 nitrogen and oxygen atoms in total. The van der Waals surface area contributed by atoms with Gasteiger partial charge in [0.05, 0.1) is 12.2 Å². The Morgan fingerprint density at radius 3 is 2.12 bits per heavy atom. The van der Waals surface area contributed by atoms with Crippen molar-refractivity contribution in [1.82, 2.24) is 4.98 Å². The molecule has 0 atom stereocenters. The first-order valence-electron chi connectivity index (χ1n) is 8.51. The SMILES string of the molecule is CC(C)(C)c1cc(C(C)(C)C)c(C=NCc2ccccn2)c(O)c1O. The van der Waals surface area contributed by atoms with Gasteiger partial charge in [-0.3, -0.25) is 9.98 Å². The molecule has 134 valence electrons. The van der Waals surface area contributed by atoms with Crippen molar-refractivity contribution in [2.75, 3.05) is 0 Å². The summed E-state index contributed by atoms with van der Waals surface area (Å²) in [7, 11) is 0. The molecule has 0 saturated carbocycles. The number of aliphatic imine (C=N–C) groups is 1. The second-order valence-corrected chi connectivity index (χ2v) is 8.37. The van der Waals surface area contributed by atoms with E-state index in [0.717, 1.165) is 16.8 Å². The summed E-state index contributed by atoms with van der Waals surface area (Å²) in [5, 5.41) is 21.1. The lowest BCUT2D eigenvalue weighted by atomic mass is 9.77. The van der Waals surface area contributed by atoms with Crippen LogP contribution in [0.2, 0.25) is 0 Å². The van der Waals surface area contributed by atoms with E-state index in [2.05, 4.69) is 30.7 Å². The Labute approximate surface area is 150 Å². The normalized spacial score (nSPS) is 12.7. The average Bonchev–Trinajstić information content (AvgIpc) is 2.50. The topological polar surface area (TPSA) is 65.7 Å². The molecule has 0 radical (unpaired) electrons. The number of hydrogen-bond donors (Lipinski definition) is 2. The van der Waals surface area contributed by atoms with Gasteiger partial charge >= 0.3 is 0 Å². The third kappa shape index (κ3) is 4.38. The molecule has 2 aromatic rings. The molecule has 0 aliphatic rings. The van der Waals surface area contributed by atoms with Gasteiger partial charge in [0, 0.05) is 23.5 Å². The minimum absolute atomic E-state index is 0.0696. The molecular formula is C21H28N2O2. The first-order chi connectivity index (χ1) is 11.5. The van der Waals surface area contributed by atoms with Gasteiger partial charge in [-0.05, 0) is 28.5 Å². The Balaban J connectivity index is 2.51. The van der Waals surface area contributed by atoms with Gasteiger partial charge in [0.15, 0.2) is 11.5 Å². The van der Waals surface area contributed by atoms with Gasteiger partial charge in [0.2, 0.25) is 0 Å². The zero-order valence-corrected chi connectivity index (χ0v) is 16.0. The highest BCUT2D eigenvalue weighted by Gasteiger charge is 2.28. The molecular weight excluding hydrogens is 312 g/mol. The number of pyridine rings is 1. The van der Waals surface area contributed by atoms with E-state index >= 15 is 0 Å². The zero-order chi connectivity index (χ0) is 18.8. The van der Waals surface area contributed by atoms with Gasteiger partial charge in [-0.25, -0.2) is 0 Å². The van der Waals surface area contributed by atoms with Gasteiger partial charge in [0.25, 0.3) is 0 Å². The van der Waals surface area contributed by atoms with Crippen molar-refractivity contribution in [2.45, 2.75) is 58.9 Å². The van der Waals surface area contributed by atoms with E-state index in [-0.39, 0.29) is 22.3 Å². The maximum Gasteiger partial charge on any atom is 0.166 e. The highest BCUT2D eigenvalue weighted by molar-refractivity contribution is 5.88. The third-order valence-corrected chi connectivity index (χ3v) is 4.13. The first-order valence-corrected chi connectivity index (χ1v) is 8.51. The highest BCUT2D eigenvalue weighted by Crippen LogP contribution is 2.43. The van der Waals surface area contributed by atoms with Gasteiger partial charge in [-0.1, -0.05) is 53.7 Å². The number of phenols is 2. The van der Waals surface area contributed by atoms with Gasteiger partial charge in [0.1, 0.15) is 0 Å². The van der Waals surface area contributed by atoms with Crippen LogP contribution < -0.4 is 0 Å². The molecule has 0 aliphatic heterocycles. The summed E-state index contributed by atoms with van der Waals surface area (Å²) in [6, 6.07) is 7.67. The summed E-state index contributed by atoms with van der Waals surface area (Å²) in [5.74, 6) is -0.179. The molecule has 2 N–H and O–H groups in total. The summed E-state index contributed by atoms with van der Waals surface area (Å²) in [6.45, 7) is 12.7. The molecule has 0 spiro atoms. The van der Waals surface area contributed by atoms with Crippen LogP contribution in [0.4, 0.5) is 0 Å². The summed E-state index contributed by atoms with van der Waals surface area (Å²) in [5.41, 5.74) is 2.64. The van der Waals surface area contributed by atoms with Crippen LogP contribution in [0.1, 0.15) is 63.9 Å². The summed E-state index contributed by atoms with van der Waals surface area (Å²) in [6.07, 6.45) is 3.36. The van der Waals surface area contributed by atoms with E-state index in [1.165, 1.54) is 0 Å². The lowest BCUT2D eigenvalue weighted by Gasteiger charge is -2.28. The van der Waals surface area contributed by atoms with Crippen molar-refractivity contribution in [3.05, 3.63) is 52.8 Å². The van der Waals surface area contributed by atoms with Crippen molar-refractivity contribution in [3.63, 3.8) is 0 Å². The van der Waals surface area contributed by atoms with Crippen molar-refractivity contribution in [1.29, 1.82) is 0 Å². The number of phenolic OH excluding ortho intramolecular Hbond substituents is 2. The van der Waals surface area contributed by atoms with E-state index in [1.54, 1.807) is 12.4 Å². The van der Waals surface area contributed by atoms with E-state index in [0.29, 0.717) is 12.1 Å². The predicted molar refractivity (Wildman–Crippen MR) is 103 cm³/mol. The Hall–Kier alpha value is -2.36. The van der Waals surface area contributed by atoms with Crippen LogP contribution >= 0.6 is 0 Å². The molecule has 4 heteroatoms. The maximum atomic E-state index is 10.6. The highest BCUT2D eigenvalue weighted by atomic mass is 16.3. The smallest absolute Gasteiger partial charge is 0.166 e. The molecule has 0 aliphatic carbocycles. The molecule has 2 rings (SSSR count). The van der Waals surface area contributed by atoms with Crippen LogP contribution in [-0.4, -0.2) is 21.4 Å². The zero-order valence-electron chi connectivity index (χ0n) is 16.0. The fourth-order valence-corrected chi connectivity index (χ4v) is 2.72. The van der Waals surface area contributed by atoms with Gasteiger partial charge < -0.3 is 10.2 Å². The largest absolute Gasteiger partial charge is 0.504 e. The minimum Gasteiger partial charge on any atom is -0.504 e. The number of aromatic nitrogens is 1. The summed E-state index contributed by atoms with van der Waals surface area (Å²) >= 11 is 0. The molecule has 0 amide bonds. The number of hydrogen-bond acceptors (Lipinski definition) is 4. The Bertz CT molecular complexity index is 767. The first kappa shape index (κ1) is 19.0. The fourth-order valence-electron chi connectivity index (χ4n) is 2.72. The molecule has 1 aromatic carbocycles. The molecule has 0 unspecified atom stereocenters. The number of nitrogens with zero attached hydrogens (tertiary/aromatic N) is 2. The third-order valence-electron chi connectivity index (χ3n) is 4.13.